The average molecular weight is 1010 g/mol. The summed E-state index contributed by atoms with van der Waals surface area (Å²) in [5, 5.41) is 20.8. The molecule has 64 heavy (non-hydrogen) atoms. The SMILES string of the molecule is C[N+](C)(C)c1ccc(Nc2nc(Cl)nc(Nc3ccc(S(=O)(=O)[O-])c(N=Nc4cc(S(=O)(=O)[O-])c(N)c(N=Nc5ccc(S(=O)(=O)CCOS(=O)(=O)[O-])cc5)c4N)c3)n2)cc1.[Na+].[Na+].[Na+]. The van der Waals surface area contributed by atoms with Gasteiger partial charge in [-0.3, -0.25) is 8.67 Å². The van der Waals surface area contributed by atoms with Crippen LogP contribution in [0.5, 0.6) is 0 Å². The second-order valence-corrected chi connectivity index (χ2v) is 19.4. The fourth-order valence-corrected chi connectivity index (χ4v) is 7.81. The third-order valence-corrected chi connectivity index (χ3v) is 12.0. The van der Waals surface area contributed by atoms with Gasteiger partial charge < -0.3 is 35.8 Å². The minimum Gasteiger partial charge on any atom is -0.744 e. The molecular weight excluding hydrogens is 977 g/mol. The zero-order valence-electron chi connectivity index (χ0n) is 34.5. The first-order valence-corrected chi connectivity index (χ1v) is 22.8. The summed E-state index contributed by atoms with van der Waals surface area (Å²) in [6, 6.07) is 15.5. The van der Waals surface area contributed by atoms with E-state index in [2.05, 4.69) is 50.2 Å². The number of sulfone groups is 1. The Morgan fingerprint density at radius 3 is 1.72 bits per heavy atom. The molecular formula is C32H31ClN12Na3O12S4+. The van der Waals surface area contributed by atoms with Gasteiger partial charge in [0.1, 0.15) is 43.0 Å². The summed E-state index contributed by atoms with van der Waals surface area (Å²) in [5.41, 5.74) is 10.6. The van der Waals surface area contributed by atoms with Gasteiger partial charge >= 0.3 is 88.7 Å². The van der Waals surface area contributed by atoms with E-state index < -0.39 is 91.1 Å². The van der Waals surface area contributed by atoms with Crippen LogP contribution in [0.4, 0.5) is 63.1 Å². The minimum absolute atomic E-state index is 0. The Labute approximate surface area is 438 Å². The molecule has 0 fully saturated rings. The maximum absolute atomic E-state index is 12.5. The molecule has 0 spiro atoms. The number of nitrogens with two attached hydrogens (primary N) is 2. The Morgan fingerprint density at radius 2 is 1.19 bits per heavy atom. The number of nitrogens with zero attached hydrogens (tertiary/aromatic N) is 8. The number of halogens is 1. The number of nitrogen functional groups attached to an aromatic ring is 2. The van der Waals surface area contributed by atoms with Gasteiger partial charge in [0.15, 0.2) is 9.84 Å². The van der Waals surface area contributed by atoms with E-state index in [4.69, 9.17) is 23.1 Å². The summed E-state index contributed by atoms with van der Waals surface area (Å²) in [6.07, 6.45) is 0. The van der Waals surface area contributed by atoms with Crippen LogP contribution in [0.15, 0.2) is 108 Å². The van der Waals surface area contributed by atoms with Crippen LogP contribution in [0.3, 0.4) is 0 Å². The van der Waals surface area contributed by atoms with E-state index in [0.717, 1.165) is 42.1 Å². The Balaban J connectivity index is 0.00000469. The van der Waals surface area contributed by atoms with E-state index in [0.29, 0.717) is 16.2 Å². The van der Waals surface area contributed by atoms with Crippen LogP contribution < -0.4 is 115 Å². The van der Waals surface area contributed by atoms with Crippen LogP contribution in [-0.2, 0) is 44.7 Å². The second-order valence-electron chi connectivity index (χ2n) is 13.2. The largest absolute Gasteiger partial charge is 1.00 e. The fraction of sp³-hybridized carbons (Fsp3) is 0.156. The normalized spacial score (nSPS) is 12.3. The van der Waals surface area contributed by atoms with Gasteiger partial charge in [-0.25, -0.2) is 33.7 Å². The quantitative estimate of drug-likeness (QED) is 0.0180. The van der Waals surface area contributed by atoms with E-state index in [-0.39, 0.29) is 122 Å². The van der Waals surface area contributed by atoms with Gasteiger partial charge in [0, 0.05) is 23.5 Å². The number of quaternary nitrogens is 1. The first kappa shape index (κ1) is 57.3. The third kappa shape index (κ3) is 15.9. The third-order valence-electron chi connectivity index (χ3n) is 7.89. The summed E-state index contributed by atoms with van der Waals surface area (Å²) < 4.78 is 134. The van der Waals surface area contributed by atoms with Crippen molar-refractivity contribution in [2.45, 2.75) is 14.7 Å². The summed E-state index contributed by atoms with van der Waals surface area (Å²) in [5.74, 6) is -0.965. The average Bonchev–Trinajstić information content (AvgIpc) is 3.12. The van der Waals surface area contributed by atoms with Crippen LogP contribution in [0.1, 0.15) is 0 Å². The molecule has 5 aromatic rings. The summed E-state index contributed by atoms with van der Waals surface area (Å²) in [7, 11) is -13.8. The Bertz CT molecular complexity index is 3020. The number of hydrogen-bond donors (Lipinski definition) is 4. The van der Waals surface area contributed by atoms with Crippen molar-refractivity contribution < 1.29 is 140 Å². The number of hydrogen-bond acceptors (Lipinski definition) is 23. The number of benzene rings is 4. The first-order chi connectivity index (χ1) is 28.2. The monoisotopic (exact) mass is 1010 g/mol. The first-order valence-electron chi connectivity index (χ1n) is 16.6. The predicted molar refractivity (Wildman–Crippen MR) is 218 cm³/mol. The van der Waals surface area contributed by atoms with Crippen molar-refractivity contribution in [2.24, 2.45) is 20.5 Å². The van der Waals surface area contributed by atoms with Crippen LogP contribution in [0.25, 0.3) is 0 Å². The maximum Gasteiger partial charge on any atom is 1.00 e. The molecule has 5 rings (SSSR count). The van der Waals surface area contributed by atoms with Gasteiger partial charge in [-0.05, 0) is 72.3 Å². The summed E-state index contributed by atoms with van der Waals surface area (Å²) >= 11 is 6.14. The molecule has 1 aromatic heterocycles. The standard InChI is InChI=1S/C32H33ClN12O12S4.3Na/c1-45(2,3)21-9-4-18(5-10-21)36-31-38-30(33)39-32(40-31)37-20-8-13-25(59(48,49)50)23(16-20)42-43-24-17-26(60(51,52)53)28(35)29(27(24)34)44-41-19-6-11-22(12-7-19)58(46,47)15-14-57-61(54,55)56;;;/h4-13,16-17H,14-15,34-35H2,1-3H3,(H4-,36,37,38,39,40,48,49,50,51,52,53,54,55,56);;;/q;3*+1/p-2. The van der Waals surface area contributed by atoms with Crippen molar-refractivity contribution in [3.63, 3.8) is 0 Å². The van der Waals surface area contributed by atoms with Gasteiger partial charge in [0.05, 0.1) is 65.3 Å². The maximum atomic E-state index is 12.5. The van der Waals surface area contributed by atoms with Crippen molar-refractivity contribution in [2.75, 3.05) is 55.6 Å². The van der Waals surface area contributed by atoms with Crippen molar-refractivity contribution >= 4 is 115 Å². The van der Waals surface area contributed by atoms with Crippen molar-refractivity contribution in [3.05, 3.63) is 78.1 Å². The molecule has 0 aliphatic rings. The molecule has 0 radical (unpaired) electrons. The fourth-order valence-electron chi connectivity index (χ4n) is 4.96. The van der Waals surface area contributed by atoms with Gasteiger partial charge in [-0.15, -0.1) is 15.3 Å². The molecule has 324 valence electrons. The predicted octanol–water partition coefficient (Wildman–Crippen LogP) is -4.73. The number of azo groups is 2. The minimum atomic E-state index is -5.37. The van der Waals surface area contributed by atoms with Crippen LogP contribution in [0, 0.1) is 0 Å². The Kier molecular flexibility index (Phi) is 20.4. The molecule has 0 saturated heterocycles. The zero-order valence-corrected chi connectivity index (χ0v) is 44.5. The van der Waals surface area contributed by atoms with E-state index in [1.807, 2.05) is 33.3 Å². The smallest absolute Gasteiger partial charge is 0.744 e. The molecule has 0 aliphatic carbocycles. The molecule has 0 bridgehead atoms. The van der Waals surface area contributed by atoms with Gasteiger partial charge in [-0.1, -0.05) is 0 Å². The molecule has 32 heteroatoms. The Hall–Kier alpha value is -2.82. The molecule has 0 unspecified atom stereocenters. The second kappa shape index (κ2) is 22.8. The van der Waals surface area contributed by atoms with Crippen LogP contribution in [-0.4, -0.2) is 95.8 Å². The number of nitrogens with one attached hydrogen (secondary N) is 2. The van der Waals surface area contributed by atoms with Crippen molar-refractivity contribution in [1.29, 1.82) is 0 Å². The van der Waals surface area contributed by atoms with E-state index in [1.54, 1.807) is 12.1 Å². The molecule has 0 amide bonds. The number of anilines is 6. The number of rotatable bonds is 16. The van der Waals surface area contributed by atoms with Crippen molar-refractivity contribution in [3.8, 4) is 0 Å². The molecule has 0 saturated carbocycles. The molecule has 4 aromatic carbocycles. The zero-order chi connectivity index (χ0) is 45.1. The summed E-state index contributed by atoms with van der Waals surface area (Å²) in [6.45, 7) is -0.939. The van der Waals surface area contributed by atoms with E-state index in [9.17, 15) is 47.3 Å². The van der Waals surface area contributed by atoms with Gasteiger partial charge in [-0.2, -0.15) is 20.1 Å². The van der Waals surface area contributed by atoms with Crippen LogP contribution in [0.2, 0.25) is 5.28 Å². The molecule has 0 aliphatic heterocycles. The number of aromatic nitrogens is 3. The summed E-state index contributed by atoms with van der Waals surface area (Å²) in [4.78, 5) is 10.0. The molecule has 24 nitrogen and oxygen atoms in total. The van der Waals surface area contributed by atoms with Gasteiger partial charge in [0.2, 0.25) is 27.6 Å². The van der Waals surface area contributed by atoms with Crippen molar-refractivity contribution in [1.82, 2.24) is 19.4 Å². The molecule has 1 heterocycles. The van der Waals surface area contributed by atoms with E-state index >= 15 is 0 Å². The molecule has 0 atom stereocenters. The molecule has 6 N–H and O–H groups in total. The van der Waals surface area contributed by atoms with Gasteiger partial charge in [0.25, 0.3) is 0 Å². The Morgan fingerprint density at radius 1 is 0.656 bits per heavy atom. The topological polar surface area (TPSA) is 379 Å². The van der Waals surface area contributed by atoms with Crippen LogP contribution >= 0.6 is 11.6 Å². The van der Waals surface area contributed by atoms with E-state index in [1.165, 1.54) is 6.07 Å².